The van der Waals surface area contributed by atoms with Gasteiger partial charge in [0.15, 0.2) is 5.78 Å². The highest BCUT2D eigenvalue weighted by molar-refractivity contribution is 9.10. The Labute approximate surface area is 115 Å². The predicted octanol–water partition coefficient (Wildman–Crippen LogP) is 4.08. The fraction of sp³-hybridized carbons (Fsp3) is 0.133. The van der Waals surface area contributed by atoms with Gasteiger partial charge >= 0.3 is 0 Å². The lowest BCUT2D eigenvalue weighted by Crippen LogP contribution is -2.01. The molecule has 2 rings (SSSR count). The van der Waals surface area contributed by atoms with Crippen molar-refractivity contribution >= 4 is 21.7 Å². The minimum Gasteiger partial charge on any atom is -0.494 e. The molecule has 92 valence electrons. The van der Waals surface area contributed by atoms with Crippen LogP contribution in [0.2, 0.25) is 0 Å². The number of hydrogen-bond donors (Lipinski definition) is 0. The molecule has 18 heavy (non-hydrogen) atoms. The summed E-state index contributed by atoms with van der Waals surface area (Å²) >= 11 is 3.36. The van der Waals surface area contributed by atoms with Gasteiger partial charge in [0.25, 0.3) is 0 Å². The molecule has 0 unspecified atom stereocenters. The van der Waals surface area contributed by atoms with Crippen LogP contribution in [0.15, 0.2) is 53.0 Å². The summed E-state index contributed by atoms with van der Waals surface area (Å²) in [5.41, 5.74) is 1.34. The summed E-state index contributed by atoms with van der Waals surface area (Å²) in [4.78, 5) is 12.2. The molecule has 0 atom stereocenters. The Morgan fingerprint density at radius 1 is 1.11 bits per heavy atom. The first-order valence-electron chi connectivity index (χ1n) is 5.74. The van der Waals surface area contributed by atoms with Crippen LogP contribution in [-0.2, 0) is 0 Å². The number of ketones is 1. The van der Waals surface area contributed by atoms with Crippen molar-refractivity contribution in [1.82, 2.24) is 0 Å². The van der Waals surface area contributed by atoms with Crippen LogP contribution < -0.4 is 4.74 Å². The van der Waals surface area contributed by atoms with E-state index in [-0.39, 0.29) is 5.78 Å². The fourth-order valence-corrected chi connectivity index (χ4v) is 2.06. The van der Waals surface area contributed by atoms with Crippen LogP contribution in [0.3, 0.4) is 0 Å². The number of benzene rings is 2. The Morgan fingerprint density at radius 3 is 2.44 bits per heavy atom. The van der Waals surface area contributed by atoms with Crippen molar-refractivity contribution in [2.75, 3.05) is 6.61 Å². The number of carbonyl (C=O) groups excluding carboxylic acids is 1. The molecule has 0 amide bonds. The number of rotatable bonds is 4. The molecule has 0 saturated heterocycles. The van der Waals surface area contributed by atoms with E-state index < -0.39 is 0 Å². The van der Waals surface area contributed by atoms with Crippen LogP contribution in [0, 0.1) is 0 Å². The van der Waals surface area contributed by atoms with Crippen molar-refractivity contribution in [2.45, 2.75) is 6.92 Å². The van der Waals surface area contributed by atoms with Gasteiger partial charge in [0, 0.05) is 15.6 Å². The molecular weight excluding hydrogens is 292 g/mol. The second-order valence-corrected chi connectivity index (χ2v) is 4.71. The molecule has 0 heterocycles. The fourth-order valence-electron chi connectivity index (χ4n) is 1.67. The van der Waals surface area contributed by atoms with Gasteiger partial charge in [-0.05, 0) is 43.3 Å². The van der Waals surface area contributed by atoms with E-state index in [9.17, 15) is 4.79 Å². The van der Waals surface area contributed by atoms with Crippen LogP contribution in [0.25, 0.3) is 0 Å². The first-order chi connectivity index (χ1) is 8.70. The first kappa shape index (κ1) is 12.8. The number of carbonyl (C=O) groups is 1. The predicted molar refractivity (Wildman–Crippen MR) is 75.2 cm³/mol. The van der Waals surface area contributed by atoms with Crippen molar-refractivity contribution in [3.8, 4) is 5.75 Å². The highest BCUT2D eigenvalue weighted by atomic mass is 79.9. The Hall–Kier alpha value is -1.61. The summed E-state index contributed by atoms with van der Waals surface area (Å²) in [7, 11) is 0. The van der Waals surface area contributed by atoms with Gasteiger partial charge in [0.1, 0.15) is 5.75 Å². The maximum Gasteiger partial charge on any atom is 0.193 e. The van der Waals surface area contributed by atoms with E-state index in [1.165, 1.54) is 0 Å². The quantitative estimate of drug-likeness (QED) is 0.796. The van der Waals surface area contributed by atoms with Crippen LogP contribution in [0.4, 0.5) is 0 Å². The van der Waals surface area contributed by atoms with E-state index in [2.05, 4.69) is 15.9 Å². The van der Waals surface area contributed by atoms with Gasteiger partial charge in [-0.15, -0.1) is 0 Å². The second-order valence-electron chi connectivity index (χ2n) is 3.80. The van der Waals surface area contributed by atoms with Gasteiger partial charge < -0.3 is 4.74 Å². The molecule has 0 saturated carbocycles. The molecule has 2 nitrogen and oxygen atoms in total. The monoisotopic (exact) mass is 304 g/mol. The van der Waals surface area contributed by atoms with Crippen molar-refractivity contribution in [2.24, 2.45) is 0 Å². The van der Waals surface area contributed by atoms with Crippen LogP contribution in [0.5, 0.6) is 5.75 Å². The number of ether oxygens (including phenoxy) is 1. The summed E-state index contributed by atoms with van der Waals surface area (Å²) in [5.74, 6) is 0.794. The summed E-state index contributed by atoms with van der Waals surface area (Å²) in [6.07, 6.45) is 0. The average Bonchev–Trinajstić information content (AvgIpc) is 2.39. The topological polar surface area (TPSA) is 26.3 Å². The molecule has 2 aromatic rings. The molecule has 2 aromatic carbocycles. The first-order valence-corrected chi connectivity index (χ1v) is 6.53. The van der Waals surface area contributed by atoms with Crippen LogP contribution >= 0.6 is 15.9 Å². The van der Waals surface area contributed by atoms with E-state index in [1.54, 1.807) is 12.1 Å². The minimum absolute atomic E-state index is 0.0133. The molecule has 3 heteroatoms. The molecule has 0 N–H and O–H groups in total. The highest BCUT2D eigenvalue weighted by Crippen LogP contribution is 2.18. The van der Waals surface area contributed by atoms with Gasteiger partial charge in [-0.2, -0.15) is 0 Å². The molecule has 0 bridgehead atoms. The van der Waals surface area contributed by atoms with Gasteiger partial charge in [-0.1, -0.05) is 28.1 Å². The summed E-state index contributed by atoms with van der Waals surface area (Å²) in [5, 5.41) is 0. The smallest absolute Gasteiger partial charge is 0.193 e. The third-order valence-corrected chi connectivity index (χ3v) is 3.01. The molecule has 0 spiro atoms. The second kappa shape index (κ2) is 5.83. The zero-order chi connectivity index (χ0) is 13.0. The van der Waals surface area contributed by atoms with Crippen molar-refractivity contribution in [1.29, 1.82) is 0 Å². The van der Waals surface area contributed by atoms with Crippen molar-refractivity contribution in [3.63, 3.8) is 0 Å². The molecule has 0 aliphatic carbocycles. The van der Waals surface area contributed by atoms with E-state index in [0.29, 0.717) is 17.7 Å². The standard InChI is InChI=1S/C15H13BrO2/c1-2-18-14-8-6-11(7-9-14)15(17)12-4-3-5-13(16)10-12/h3-10H,2H2,1H3. The number of halogens is 1. The van der Waals surface area contributed by atoms with E-state index in [4.69, 9.17) is 4.74 Å². The van der Waals surface area contributed by atoms with Crippen LogP contribution in [0.1, 0.15) is 22.8 Å². The summed E-state index contributed by atoms with van der Waals surface area (Å²) in [6.45, 7) is 2.56. The van der Waals surface area contributed by atoms with Gasteiger partial charge in [0.05, 0.1) is 6.61 Å². The Bertz CT molecular complexity index is 547. The molecular formula is C15H13BrO2. The van der Waals surface area contributed by atoms with E-state index in [0.717, 1.165) is 10.2 Å². The van der Waals surface area contributed by atoms with Crippen molar-refractivity contribution in [3.05, 3.63) is 64.1 Å². The Morgan fingerprint density at radius 2 is 1.83 bits per heavy atom. The molecule has 0 aliphatic rings. The van der Waals surface area contributed by atoms with Crippen LogP contribution in [-0.4, -0.2) is 12.4 Å². The lowest BCUT2D eigenvalue weighted by molar-refractivity contribution is 0.103. The molecule has 0 aliphatic heterocycles. The Kier molecular flexibility index (Phi) is 4.15. The average molecular weight is 305 g/mol. The largest absolute Gasteiger partial charge is 0.494 e. The van der Waals surface area contributed by atoms with Gasteiger partial charge in [0.2, 0.25) is 0 Å². The number of hydrogen-bond acceptors (Lipinski definition) is 2. The Balaban J connectivity index is 2.23. The maximum atomic E-state index is 12.2. The molecule has 0 radical (unpaired) electrons. The molecule has 0 fully saturated rings. The van der Waals surface area contributed by atoms with E-state index in [1.807, 2.05) is 43.3 Å². The zero-order valence-corrected chi connectivity index (χ0v) is 11.6. The minimum atomic E-state index is 0.0133. The maximum absolute atomic E-state index is 12.2. The van der Waals surface area contributed by atoms with Gasteiger partial charge in [-0.3, -0.25) is 4.79 Å². The van der Waals surface area contributed by atoms with Gasteiger partial charge in [-0.25, -0.2) is 0 Å². The lowest BCUT2D eigenvalue weighted by atomic mass is 10.0. The van der Waals surface area contributed by atoms with Crippen molar-refractivity contribution < 1.29 is 9.53 Å². The summed E-state index contributed by atoms with van der Waals surface area (Å²) < 4.78 is 6.25. The van der Waals surface area contributed by atoms with E-state index >= 15 is 0 Å². The summed E-state index contributed by atoms with van der Waals surface area (Å²) in [6, 6.07) is 14.6. The molecule has 0 aromatic heterocycles. The normalized spacial score (nSPS) is 10.1. The lowest BCUT2D eigenvalue weighted by Gasteiger charge is -2.05. The third-order valence-electron chi connectivity index (χ3n) is 2.51. The zero-order valence-electron chi connectivity index (χ0n) is 10.0. The highest BCUT2D eigenvalue weighted by Gasteiger charge is 2.09. The SMILES string of the molecule is CCOc1ccc(C(=O)c2cccc(Br)c2)cc1. The third kappa shape index (κ3) is 2.99.